The molecule has 2 aromatic heterocycles. The number of rotatable bonds is 4. The minimum atomic E-state index is -0.142. The van der Waals surface area contributed by atoms with Crippen LogP contribution in [0.25, 0.3) is 39.7 Å². The second-order valence-electron chi connectivity index (χ2n) is 7.95. The van der Waals surface area contributed by atoms with Gasteiger partial charge in [0, 0.05) is 33.4 Å². The van der Waals surface area contributed by atoms with E-state index in [1.165, 1.54) is 6.07 Å². The van der Waals surface area contributed by atoms with Gasteiger partial charge >= 0.3 is 0 Å². The molecular weight excluding hydrogens is 434 g/mol. The van der Waals surface area contributed by atoms with Gasteiger partial charge in [-0.1, -0.05) is 48.0 Å². The summed E-state index contributed by atoms with van der Waals surface area (Å²) in [4.78, 5) is 25.6. The van der Waals surface area contributed by atoms with E-state index in [0.29, 0.717) is 27.3 Å². The van der Waals surface area contributed by atoms with Crippen LogP contribution in [0.4, 0.5) is 0 Å². The zero-order valence-electron chi connectivity index (χ0n) is 18.1. The van der Waals surface area contributed by atoms with Crippen molar-refractivity contribution < 1.29 is 9.21 Å². The molecule has 5 heteroatoms. The van der Waals surface area contributed by atoms with Crippen LogP contribution >= 0.6 is 11.6 Å². The zero-order chi connectivity index (χ0) is 23.1. The topological polar surface area (TPSA) is 52.2 Å². The van der Waals surface area contributed by atoms with E-state index >= 15 is 0 Å². The smallest absolute Gasteiger partial charge is 0.193 e. The molecule has 0 atom stereocenters. The second-order valence-corrected chi connectivity index (χ2v) is 8.39. The molecule has 4 nitrogen and oxygen atoms in total. The number of fused-ring (bicyclic) bond motifs is 2. The largest absolute Gasteiger partial charge is 0.456 e. The Morgan fingerprint density at radius 2 is 1.67 bits per heavy atom. The summed E-state index contributed by atoms with van der Waals surface area (Å²) in [5, 5.41) is 1.83. The Balaban J connectivity index is 1.74. The normalized spacial score (nSPS) is 11.6. The van der Waals surface area contributed by atoms with Crippen molar-refractivity contribution >= 4 is 51.4 Å². The van der Waals surface area contributed by atoms with Gasteiger partial charge in [-0.15, -0.1) is 0 Å². The summed E-state index contributed by atoms with van der Waals surface area (Å²) in [5.41, 5.74) is 4.34. The van der Waals surface area contributed by atoms with Gasteiger partial charge in [-0.05, 0) is 61.9 Å². The molecule has 0 saturated carbocycles. The Kier molecular flexibility index (Phi) is 5.23. The van der Waals surface area contributed by atoms with E-state index in [9.17, 15) is 9.59 Å². The first-order valence-corrected chi connectivity index (χ1v) is 10.9. The highest BCUT2D eigenvalue weighted by Crippen LogP contribution is 2.33. The number of Topliss-reactive ketones (excluding diaryl/α,β-unsaturated/α-hetero) is 1. The van der Waals surface area contributed by atoms with Crippen LogP contribution in [-0.4, -0.2) is 10.4 Å². The maximum atomic E-state index is 13.0. The number of carbonyl (C=O) groups is 1. The molecule has 0 N–H and O–H groups in total. The first kappa shape index (κ1) is 21.0. The standard InChI is InChI=1S/C28H20ClNO3/c1-17-28(18(2)31)23-16-27-24(15-25(23)30(17)21-11-9-20(29)10-12-21)26(32)14-22(33-27)13-8-19-6-4-3-5-7-19/h3-16H,1-2H3. The van der Waals surface area contributed by atoms with Crippen LogP contribution in [0.15, 0.2) is 82.0 Å². The zero-order valence-corrected chi connectivity index (χ0v) is 18.9. The molecule has 0 fully saturated rings. The second kappa shape index (κ2) is 8.23. The van der Waals surface area contributed by atoms with Crippen molar-refractivity contribution in [2.24, 2.45) is 0 Å². The van der Waals surface area contributed by atoms with E-state index < -0.39 is 0 Å². The van der Waals surface area contributed by atoms with Crippen molar-refractivity contribution in [3.05, 3.63) is 111 Å². The number of benzene rings is 3. The van der Waals surface area contributed by atoms with Crippen LogP contribution in [0, 0.1) is 6.92 Å². The van der Waals surface area contributed by atoms with Gasteiger partial charge in [-0.25, -0.2) is 0 Å². The van der Waals surface area contributed by atoms with Crippen LogP contribution < -0.4 is 5.43 Å². The number of aromatic nitrogens is 1. The van der Waals surface area contributed by atoms with Crippen LogP contribution in [0.2, 0.25) is 5.02 Å². The summed E-state index contributed by atoms with van der Waals surface area (Å²) in [5.74, 6) is 0.404. The van der Waals surface area contributed by atoms with Gasteiger partial charge < -0.3 is 8.98 Å². The van der Waals surface area contributed by atoms with E-state index in [1.807, 2.05) is 60.0 Å². The minimum absolute atomic E-state index is 0.0490. The molecule has 0 aliphatic heterocycles. The highest BCUT2D eigenvalue weighted by molar-refractivity contribution is 6.30. The van der Waals surface area contributed by atoms with Crippen molar-refractivity contribution in [2.75, 3.05) is 0 Å². The van der Waals surface area contributed by atoms with Gasteiger partial charge in [0.2, 0.25) is 0 Å². The SMILES string of the molecule is CC(=O)c1c(C)n(-c2ccc(Cl)cc2)c2cc3c(=O)cc(C=Cc4ccccc4)oc3cc12. The quantitative estimate of drug-likeness (QED) is 0.273. The fourth-order valence-corrected chi connectivity index (χ4v) is 4.40. The fraction of sp³-hybridized carbons (Fsp3) is 0.0714. The summed E-state index contributed by atoms with van der Waals surface area (Å²) in [6.45, 7) is 3.45. The molecule has 0 aliphatic rings. The average Bonchev–Trinajstić information content (AvgIpc) is 3.09. The van der Waals surface area contributed by atoms with Crippen LogP contribution in [-0.2, 0) is 0 Å². The van der Waals surface area contributed by atoms with Gasteiger partial charge in [0.1, 0.15) is 11.3 Å². The number of carbonyl (C=O) groups excluding carboxylic acids is 1. The predicted octanol–water partition coefficient (Wildman–Crippen LogP) is 7.07. The number of halogens is 1. The molecule has 0 bridgehead atoms. The van der Waals surface area contributed by atoms with Crippen molar-refractivity contribution in [1.82, 2.24) is 4.57 Å². The molecule has 5 aromatic rings. The lowest BCUT2D eigenvalue weighted by molar-refractivity contribution is 0.101. The van der Waals surface area contributed by atoms with Crippen molar-refractivity contribution in [3.63, 3.8) is 0 Å². The first-order chi connectivity index (χ1) is 15.9. The number of hydrogen-bond acceptors (Lipinski definition) is 3. The molecule has 0 aliphatic carbocycles. The predicted molar refractivity (Wildman–Crippen MR) is 134 cm³/mol. The number of nitrogens with zero attached hydrogens (tertiary/aromatic N) is 1. The summed E-state index contributed by atoms with van der Waals surface area (Å²) in [6.07, 6.45) is 3.67. The number of ketones is 1. The lowest BCUT2D eigenvalue weighted by Crippen LogP contribution is -2.01. The van der Waals surface area contributed by atoms with Crippen molar-refractivity contribution in [2.45, 2.75) is 13.8 Å². The van der Waals surface area contributed by atoms with Crippen LogP contribution in [0.5, 0.6) is 0 Å². The third-order valence-corrected chi connectivity index (χ3v) is 6.00. The Morgan fingerprint density at radius 1 is 0.939 bits per heavy atom. The van der Waals surface area contributed by atoms with E-state index in [1.54, 1.807) is 37.3 Å². The van der Waals surface area contributed by atoms with Gasteiger partial charge in [-0.2, -0.15) is 0 Å². The maximum Gasteiger partial charge on any atom is 0.193 e. The molecule has 2 heterocycles. The third kappa shape index (κ3) is 3.79. The lowest BCUT2D eigenvalue weighted by atomic mass is 10.1. The van der Waals surface area contributed by atoms with E-state index in [0.717, 1.165) is 27.8 Å². The monoisotopic (exact) mass is 453 g/mol. The molecule has 0 saturated heterocycles. The lowest BCUT2D eigenvalue weighted by Gasteiger charge is -2.09. The Hall–Kier alpha value is -3.89. The Labute approximate surface area is 195 Å². The molecule has 33 heavy (non-hydrogen) atoms. The Morgan fingerprint density at radius 3 is 2.36 bits per heavy atom. The summed E-state index contributed by atoms with van der Waals surface area (Å²) < 4.78 is 8.03. The molecular formula is C28H20ClNO3. The van der Waals surface area contributed by atoms with Crippen LogP contribution in [0.1, 0.15) is 34.3 Å². The summed E-state index contributed by atoms with van der Waals surface area (Å²) >= 11 is 6.07. The summed E-state index contributed by atoms with van der Waals surface area (Å²) in [7, 11) is 0. The molecule has 162 valence electrons. The molecule has 3 aromatic carbocycles. The summed E-state index contributed by atoms with van der Waals surface area (Å²) in [6, 6.07) is 22.3. The average molecular weight is 454 g/mol. The highest BCUT2D eigenvalue weighted by atomic mass is 35.5. The van der Waals surface area contributed by atoms with E-state index in [-0.39, 0.29) is 11.2 Å². The molecule has 0 unspecified atom stereocenters. The molecule has 0 amide bonds. The molecule has 0 spiro atoms. The maximum absolute atomic E-state index is 13.0. The Bertz CT molecular complexity index is 1610. The highest BCUT2D eigenvalue weighted by Gasteiger charge is 2.20. The first-order valence-electron chi connectivity index (χ1n) is 10.6. The number of hydrogen-bond donors (Lipinski definition) is 0. The van der Waals surface area contributed by atoms with Gasteiger partial charge in [0.25, 0.3) is 0 Å². The van der Waals surface area contributed by atoms with E-state index in [4.69, 9.17) is 16.0 Å². The van der Waals surface area contributed by atoms with Crippen molar-refractivity contribution in [3.8, 4) is 5.69 Å². The van der Waals surface area contributed by atoms with Gasteiger partial charge in [0.05, 0.1) is 10.9 Å². The molecule has 5 rings (SSSR count). The minimum Gasteiger partial charge on any atom is -0.456 e. The third-order valence-electron chi connectivity index (χ3n) is 5.75. The fourth-order valence-electron chi connectivity index (χ4n) is 4.27. The van der Waals surface area contributed by atoms with E-state index in [2.05, 4.69) is 0 Å². The van der Waals surface area contributed by atoms with Crippen molar-refractivity contribution in [1.29, 1.82) is 0 Å². The van der Waals surface area contributed by atoms with Gasteiger partial charge in [0.15, 0.2) is 11.2 Å². The van der Waals surface area contributed by atoms with Crippen LogP contribution in [0.3, 0.4) is 0 Å². The van der Waals surface area contributed by atoms with Gasteiger partial charge in [-0.3, -0.25) is 9.59 Å². The molecule has 0 radical (unpaired) electrons.